The summed E-state index contributed by atoms with van der Waals surface area (Å²) in [5, 5.41) is 0. The number of rotatable bonds is 48. The molecule has 0 radical (unpaired) electrons. The number of hydrogen-bond acceptors (Lipinski definition) is 8. The molecule has 0 aliphatic carbocycles. The van der Waals surface area contributed by atoms with Crippen LogP contribution in [0.2, 0.25) is 0 Å². The monoisotopic (exact) mass is 994 g/mol. The molecule has 2 atom stereocenters. The summed E-state index contributed by atoms with van der Waals surface area (Å²) in [6.07, 6.45) is 70.8. The number of hydrogen-bond donors (Lipinski definition) is 0. The van der Waals surface area contributed by atoms with E-state index in [1.807, 2.05) is 21.1 Å². The molecule has 0 aromatic heterocycles. The highest BCUT2D eigenvalue weighted by Crippen LogP contribution is 2.38. The summed E-state index contributed by atoms with van der Waals surface area (Å²) in [6.45, 7) is 3.96. The lowest BCUT2D eigenvalue weighted by atomic mass is 10.1. The Balaban J connectivity index is 4.30. The zero-order valence-corrected chi connectivity index (χ0v) is 45.8. The number of ether oxygens (including phenoxy) is 2. The molecule has 0 aliphatic heterocycles. The Morgan fingerprint density at radius 3 is 1.14 bits per heavy atom. The van der Waals surface area contributed by atoms with E-state index < -0.39 is 32.5 Å². The van der Waals surface area contributed by atoms with Gasteiger partial charge in [-0.05, 0) is 103 Å². The van der Waals surface area contributed by atoms with E-state index in [0.717, 1.165) is 128 Å². The molecule has 0 rings (SSSR count). The van der Waals surface area contributed by atoms with Crippen LogP contribution in [0.4, 0.5) is 0 Å². The number of carbonyl (C=O) groups excluding carboxylic acids is 2. The first-order chi connectivity index (χ1) is 34.0. The Kier molecular flexibility index (Phi) is 47.8. The van der Waals surface area contributed by atoms with Crippen molar-refractivity contribution < 1.29 is 42.1 Å². The van der Waals surface area contributed by atoms with Gasteiger partial charge in [-0.15, -0.1) is 0 Å². The largest absolute Gasteiger partial charge is 0.756 e. The predicted octanol–water partition coefficient (Wildman–Crippen LogP) is 16.2. The second-order valence-electron chi connectivity index (χ2n) is 18.8. The van der Waals surface area contributed by atoms with Crippen LogP contribution in [-0.4, -0.2) is 70.0 Å². The van der Waals surface area contributed by atoms with Gasteiger partial charge in [0.2, 0.25) is 0 Å². The summed E-state index contributed by atoms with van der Waals surface area (Å²) in [5.74, 6) is -0.870. The highest BCUT2D eigenvalue weighted by atomic mass is 31.2. The Labute approximate surface area is 428 Å². The van der Waals surface area contributed by atoms with E-state index in [-0.39, 0.29) is 26.1 Å². The Bertz CT molecular complexity index is 1590. The highest BCUT2D eigenvalue weighted by Gasteiger charge is 2.21. The third kappa shape index (κ3) is 53.8. The van der Waals surface area contributed by atoms with E-state index in [0.29, 0.717) is 23.9 Å². The SMILES string of the molecule is CC/C=C\C/C=C\C/C=C\C/C=C\C/C=C\C/C=C\CCCCCCCCC(=O)OC(COC(=O)CCCCCCCCCC/C=C\C/C=C\C/C=C\C/C=C\CC)COP(=O)([O-])OCC[N+](C)(C)C. The summed E-state index contributed by atoms with van der Waals surface area (Å²) in [6, 6.07) is 0. The quantitative estimate of drug-likeness (QED) is 0.0195. The van der Waals surface area contributed by atoms with E-state index in [1.54, 1.807) is 0 Å². The van der Waals surface area contributed by atoms with Crippen molar-refractivity contribution in [1.82, 2.24) is 0 Å². The van der Waals surface area contributed by atoms with Gasteiger partial charge in [-0.25, -0.2) is 0 Å². The first kappa shape index (κ1) is 66.4. The van der Waals surface area contributed by atoms with Crippen LogP contribution in [0.1, 0.15) is 194 Å². The van der Waals surface area contributed by atoms with Crippen LogP contribution in [0.5, 0.6) is 0 Å². The topological polar surface area (TPSA) is 111 Å². The van der Waals surface area contributed by atoms with Crippen LogP contribution in [0.3, 0.4) is 0 Å². The van der Waals surface area contributed by atoms with Crippen LogP contribution >= 0.6 is 7.82 Å². The number of carbonyl (C=O) groups is 2. The molecule has 2 unspecified atom stereocenters. The number of unbranched alkanes of at least 4 members (excludes halogenated alkanes) is 14. The molecule has 70 heavy (non-hydrogen) atoms. The maximum Gasteiger partial charge on any atom is 0.306 e. The first-order valence-corrected chi connectivity index (χ1v) is 28.7. The summed E-state index contributed by atoms with van der Waals surface area (Å²) < 4.78 is 34.1. The third-order valence-electron chi connectivity index (χ3n) is 11.0. The normalized spacial score (nSPS) is 14.3. The zero-order valence-electron chi connectivity index (χ0n) is 44.9. The molecule has 0 aliphatic rings. The molecule has 0 saturated carbocycles. The van der Waals surface area contributed by atoms with Crippen LogP contribution in [0, 0.1) is 0 Å². The van der Waals surface area contributed by atoms with Crippen LogP contribution in [0.15, 0.2) is 122 Å². The average molecular weight is 994 g/mol. The van der Waals surface area contributed by atoms with Crippen molar-refractivity contribution in [2.75, 3.05) is 47.5 Å². The fraction of sp³-hybridized carbons (Fsp3) is 0.633. The molecule has 0 aromatic rings. The Hall–Kier alpha value is -3.59. The molecule has 9 nitrogen and oxygen atoms in total. The van der Waals surface area contributed by atoms with Crippen molar-refractivity contribution in [3.63, 3.8) is 0 Å². The minimum absolute atomic E-state index is 0.0428. The van der Waals surface area contributed by atoms with Crippen molar-refractivity contribution in [1.29, 1.82) is 0 Å². The van der Waals surface area contributed by atoms with E-state index >= 15 is 0 Å². The minimum atomic E-state index is -4.65. The molecular weight excluding hydrogens is 894 g/mol. The van der Waals surface area contributed by atoms with Crippen molar-refractivity contribution in [3.8, 4) is 0 Å². The second kappa shape index (κ2) is 50.4. The molecule has 0 fully saturated rings. The van der Waals surface area contributed by atoms with Gasteiger partial charge in [-0.2, -0.15) is 0 Å². The molecular formula is C60H100NO8P. The lowest BCUT2D eigenvalue weighted by Gasteiger charge is -2.28. The van der Waals surface area contributed by atoms with E-state index in [9.17, 15) is 19.0 Å². The summed E-state index contributed by atoms with van der Waals surface area (Å²) >= 11 is 0. The number of allylic oxidation sites excluding steroid dienone is 20. The number of esters is 2. The van der Waals surface area contributed by atoms with Crippen molar-refractivity contribution in [3.05, 3.63) is 122 Å². The molecule has 0 spiro atoms. The van der Waals surface area contributed by atoms with Gasteiger partial charge >= 0.3 is 11.9 Å². The fourth-order valence-electron chi connectivity index (χ4n) is 6.83. The van der Waals surface area contributed by atoms with Crippen molar-refractivity contribution in [2.24, 2.45) is 0 Å². The predicted molar refractivity (Wildman–Crippen MR) is 295 cm³/mol. The Morgan fingerprint density at radius 1 is 0.443 bits per heavy atom. The zero-order chi connectivity index (χ0) is 51.3. The first-order valence-electron chi connectivity index (χ1n) is 27.2. The van der Waals surface area contributed by atoms with E-state index in [2.05, 4.69) is 135 Å². The minimum Gasteiger partial charge on any atom is -0.756 e. The van der Waals surface area contributed by atoms with Gasteiger partial charge in [0.15, 0.2) is 6.10 Å². The van der Waals surface area contributed by atoms with Crippen LogP contribution in [-0.2, 0) is 32.7 Å². The molecule has 0 saturated heterocycles. The van der Waals surface area contributed by atoms with Crippen LogP contribution in [0.25, 0.3) is 0 Å². The maximum atomic E-state index is 12.8. The molecule has 0 aromatic carbocycles. The maximum absolute atomic E-state index is 12.8. The summed E-state index contributed by atoms with van der Waals surface area (Å²) in [4.78, 5) is 37.8. The standard InChI is InChI=1S/C60H100NO8P/c1-6-8-10-12-14-16-18-20-22-24-26-28-29-30-31-33-35-37-39-41-43-45-47-49-51-53-60(63)69-58(57-68-70(64,65)67-55-54-61(3,4)5)56-66-59(62)52-50-48-46-44-42-40-38-36-34-32-27-25-23-21-19-17-15-13-11-9-7-2/h8-11,14-17,20-23,26-28,30-32,35,37,58H,6-7,12-13,18-19,24-25,29,33-34,36,38-57H2,1-5H3/b10-8-,11-9-,16-14-,17-15-,22-20-,23-21-,28-26-,31-30-,32-27-,37-35-. The average Bonchev–Trinajstić information content (AvgIpc) is 3.32. The fourth-order valence-corrected chi connectivity index (χ4v) is 7.55. The van der Waals surface area contributed by atoms with Crippen molar-refractivity contribution >= 4 is 19.8 Å². The van der Waals surface area contributed by atoms with Gasteiger partial charge in [-0.3, -0.25) is 14.2 Å². The third-order valence-corrected chi connectivity index (χ3v) is 11.9. The summed E-state index contributed by atoms with van der Waals surface area (Å²) in [7, 11) is 1.13. The van der Waals surface area contributed by atoms with Crippen LogP contribution < -0.4 is 4.89 Å². The van der Waals surface area contributed by atoms with Gasteiger partial charge in [0, 0.05) is 12.8 Å². The number of nitrogens with zero attached hydrogens (tertiary/aromatic N) is 1. The number of quaternary nitrogens is 1. The van der Waals surface area contributed by atoms with E-state index in [1.165, 1.54) is 25.7 Å². The molecule has 10 heteroatoms. The number of phosphoric ester groups is 1. The Morgan fingerprint density at radius 2 is 0.771 bits per heavy atom. The molecule has 0 amide bonds. The van der Waals surface area contributed by atoms with Gasteiger partial charge in [0.25, 0.3) is 7.82 Å². The van der Waals surface area contributed by atoms with Gasteiger partial charge in [-0.1, -0.05) is 200 Å². The summed E-state index contributed by atoms with van der Waals surface area (Å²) in [5.41, 5.74) is 0. The highest BCUT2D eigenvalue weighted by molar-refractivity contribution is 7.45. The molecule has 0 heterocycles. The van der Waals surface area contributed by atoms with Gasteiger partial charge in [0.1, 0.15) is 19.8 Å². The molecule has 398 valence electrons. The van der Waals surface area contributed by atoms with Gasteiger partial charge < -0.3 is 27.9 Å². The van der Waals surface area contributed by atoms with E-state index in [4.69, 9.17) is 18.5 Å². The second-order valence-corrected chi connectivity index (χ2v) is 20.2. The lowest BCUT2D eigenvalue weighted by molar-refractivity contribution is -0.870. The van der Waals surface area contributed by atoms with Gasteiger partial charge in [0.05, 0.1) is 27.7 Å². The number of phosphoric acid groups is 1. The lowest BCUT2D eigenvalue weighted by Crippen LogP contribution is -2.37. The molecule has 0 bridgehead atoms. The molecule has 0 N–H and O–H groups in total. The smallest absolute Gasteiger partial charge is 0.306 e. The van der Waals surface area contributed by atoms with Crippen molar-refractivity contribution in [2.45, 2.75) is 200 Å². The number of likely N-dealkylation sites (N-methyl/N-ethyl adjacent to an activating group) is 1.